The lowest BCUT2D eigenvalue weighted by Crippen LogP contribution is -2.45. The fourth-order valence-corrected chi connectivity index (χ4v) is 7.78. The van der Waals surface area contributed by atoms with E-state index in [2.05, 4.69) is 67.8 Å². The van der Waals surface area contributed by atoms with Gasteiger partial charge in [0, 0.05) is 12.8 Å². The van der Waals surface area contributed by atoms with Gasteiger partial charge in [0.1, 0.15) is 0 Å². The van der Waals surface area contributed by atoms with E-state index >= 15 is 0 Å². The van der Waals surface area contributed by atoms with Crippen LogP contribution in [0.1, 0.15) is 264 Å². The summed E-state index contributed by atoms with van der Waals surface area (Å²) in [5, 5.41) is 23.2. The number of rotatable bonds is 48. The summed E-state index contributed by atoms with van der Waals surface area (Å²) in [6.45, 7) is 4.83. The number of carbonyl (C=O) groups is 2. The van der Waals surface area contributed by atoms with Crippen molar-refractivity contribution >= 4 is 11.9 Å². The van der Waals surface area contributed by atoms with Gasteiger partial charge in [0.2, 0.25) is 5.91 Å². The van der Waals surface area contributed by atoms with Crippen molar-refractivity contribution in [3.8, 4) is 0 Å². The molecule has 0 aliphatic heterocycles. The smallest absolute Gasteiger partial charge is 0.305 e. The predicted molar refractivity (Wildman–Crippen MR) is 264 cm³/mol. The normalized spacial score (nSPS) is 13.0. The van der Waals surface area contributed by atoms with Crippen LogP contribution >= 0.6 is 0 Å². The first-order valence-corrected chi connectivity index (χ1v) is 26.4. The third kappa shape index (κ3) is 47.1. The quantitative estimate of drug-likeness (QED) is 0.0245. The van der Waals surface area contributed by atoms with Crippen molar-refractivity contribution < 1.29 is 24.5 Å². The molecule has 0 bridgehead atoms. The molecule has 61 heavy (non-hydrogen) atoms. The van der Waals surface area contributed by atoms with E-state index in [0.717, 1.165) is 83.5 Å². The summed E-state index contributed by atoms with van der Waals surface area (Å²) in [5.74, 6) is -0.0765. The van der Waals surface area contributed by atoms with Gasteiger partial charge < -0.3 is 20.3 Å². The maximum atomic E-state index is 12.4. The zero-order valence-electron chi connectivity index (χ0n) is 40.4. The number of amides is 1. The Morgan fingerprint density at radius 1 is 0.475 bits per heavy atom. The number of nitrogens with one attached hydrogen (secondary N) is 1. The summed E-state index contributed by atoms with van der Waals surface area (Å²) in [7, 11) is 0. The number of allylic oxidation sites excluding steroid dienone is 8. The Morgan fingerprint density at radius 2 is 0.902 bits per heavy atom. The summed E-state index contributed by atoms with van der Waals surface area (Å²) in [6, 6.07) is -0.549. The summed E-state index contributed by atoms with van der Waals surface area (Å²) >= 11 is 0. The van der Waals surface area contributed by atoms with Crippen LogP contribution in [0.5, 0.6) is 0 Å². The highest BCUT2D eigenvalue weighted by molar-refractivity contribution is 5.76. The van der Waals surface area contributed by atoms with Crippen LogP contribution in [-0.2, 0) is 14.3 Å². The second-order valence-electron chi connectivity index (χ2n) is 17.9. The van der Waals surface area contributed by atoms with Crippen molar-refractivity contribution in [2.45, 2.75) is 276 Å². The highest BCUT2D eigenvalue weighted by Crippen LogP contribution is 2.16. The molecule has 0 saturated heterocycles. The number of carbonyl (C=O) groups excluding carboxylic acids is 2. The van der Waals surface area contributed by atoms with Gasteiger partial charge in [-0.25, -0.2) is 0 Å². The second-order valence-corrected chi connectivity index (χ2v) is 17.9. The molecule has 6 heteroatoms. The Bertz CT molecular complexity index is 1040. The van der Waals surface area contributed by atoms with E-state index in [0.29, 0.717) is 25.9 Å². The van der Waals surface area contributed by atoms with Crippen LogP contribution in [0, 0.1) is 0 Å². The Balaban J connectivity index is 3.49. The topological polar surface area (TPSA) is 95.9 Å². The first kappa shape index (κ1) is 58.8. The van der Waals surface area contributed by atoms with E-state index < -0.39 is 12.1 Å². The monoisotopic (exact) mass is 856 g/mol. The Labute approximate surface area is 378 Å². The minimum absolute atomic E-state index is 0.0295. The minimum Gasteiger partial charge on any atom is -0.466 e. The largest absolute Gasteiger partial charge is 0.466 e. The van der Waals surface area contributed by atoms with Crippen LogP contribution < -0.4 is 5.32 Å². The zero-order chi connectivity index (χ0) is 44.4. The van der Waals surface area contributed by atoms with Crippen molar-refractivity contribution in [3.63, 3.8) is 0 Å². The first-order valence-electron chi connectivity index (χ1n) is 26.4. The Morgan fingerprint density at radius 3 is 1.41 bits per heavy atom. The van der Waals surface area contributed by atoms with Gasteiger partial charge in [-0.2, -0.15) is 0 Å². The molecule has 0 saturated carbocycles. The van der Waals surface area contributed by atoms with Crippen LogP contribution in [0.25, 0.3) is 0 Å². The summed E-state index contributed by atoms with van der Waals surface area (Å²) < 4.78 is 5.43. The van der Waals surface area contributed by atoms with Crippen molar-refractivity contribution in [2.75, 3.05) is 13.2 Å². The van der Waals surface area contributed by atoms with Gasteiger partial charge in [0.15, 0.2) is 0 Å². The molecule has 1 amide bonds. The fourth-order valence-electron chi connectivity index (χ4n) is 7.78. The lowest BCUT2D eigenvalue weighted by atomic mass is 10.0. The molecule has 0 fully saturated rings. The van der Waals surface area contributed by atoms with Crippen LogP contribution in [0.15, 0.2) is 48.6 Å². The number of esters is 1. The molecule has 2 atom stereocenters. The molecule has 3 N–H and O–H groups in total. The highest BCUT2D eigenvalue weighted by Gasteiger charge is 2.20. The first-order chi connectivity index (χ1) is 30.0. The van der Waals surface area contributed by atoms with Crippen LogP contribution in [0.2, 0.25) is 0 Å². The molecule has 0 radical (unpaired) electrons. The van der Waals surface area contributed by atoms with Crippen LogP contribution in [-0.4, -0.2) is 47.4 Å². The van der Waals surface area contributed by atoms with E-state index in [1.807, 2.05) is 0 Å². The molecule has 0 rings (SSSR count). The molecule has 0 aliphatic carbocycles. The maximum absolute atomic E-state index is 12.4. The van der Waals surface area contributed by atoms with Gasteiger partial charge in [0.05, 0.1) is 25.4 Å². The summed E-state index contributed by atoms with van der Waals surface area (Å²) in [6.07, 6.45) is 62.3. The van der Waals surface area contributed by atoms with E-state index in [-0.39, 0.29) is 18.5 Å². The zero-order valence-corrected chi connectivity index (χ0v) is 40.4. The van der Waals surface area contributed by atoms with E-state index in [1.165, 1.54) is 148 Å². The summed E-state index contributed by atoms with van der Waals surface area (Å²) in [5.41, 5.74) is 0. The molecular formula is C55H101NO5. The van der Waals surface area contributed by atoms with Gasteiger partial charge in [-0.3, -0.25) is 9.59 Å². The number of hydrogen-bond donors (Lipinski definition) is 3. The molecule has 0 aromatic heterocycles. The second kappa shape index (κ2) is 50.5. The van der Waals surface area contributed by atoms with Crippen molar-refractivity contribution in [3.05, 3.63) is 48.6 Å². The Kier molecular flexibility index (Phi) is 48.7. The van der Waals surface area contributed by atoms with Gasteiger partial charge >= 0.3 is 5.97 Å². The molecular weight excluding hydrogens is 755 g/mol. The predicted octanol–water partition coefficient (Wildman–Crippen LogP) is 15.8. The van der Waals surface area contributed by atoms with Crippen LogP contribution in [0.3, 0.4) is 0 Å². The van der Waals surface area contributed by atoms with Gasteiger partial charge in [-0.15, -0.1) is 0 Å². The summed E-state index contributed by atoms with van der Waals surface area (Å²) in [4.78, 5) is 24.4. The molecule has 0 heterocycles. The SMILES string of the molecule is CCC/C=C\C/C=C\CCCCCCCC(=O)OCCCCC/C=C\C=C/CCCCCCCCCCCCC(=O)NC(CO)C(O)CCCCCCCCCCCCCC. The lowest BCUT2D eigenvalue weighted by Gasteiger charge is -2.22. The average Bonchev–Trinajstić information content (AvgIpc) is 3.26. The maximum Gasteiger partial charge on any atom is 0.305 e. The van der Waals surface area contributed by atoms with E-state index in [4.69, 9.17) is 4.74 Å². The molecule has 0 aromatic rings. The van der Waals surface area contributed by atoms with Crippen molar-refractivity contribution in [1.82, 2.24) is 5.32 Å². The highest BCUT2D eigenvalue weighted by atomic mass is 16.5. The van der Waals surface area contributed by atoms with Gasteiger partial charge in [-0.1, -0.05) is 217 Å². The third-order valence-electron chi connectivity index (χ3n) is 11.9. The van der Waals surface area contributed by atoms with Gasteiger partial charge in [0.25, 0.3) is 0 Å². The molecule has 6 nitrogen and oxygen atoms in total. The fraction of sp³-hybridized carbons (Fsp3) is 0.818. The van der Waals surface area contributed by atoms with E-state index in [1.54, 1.807) is 0 Å². The average molecular weight is 856 g/mol. The minimum atomic E-state index is -0.671. The van der Waals surface area contributed by atoms with E-state index in [9.17, 15) is 19.8 Å². The van der Waals surface area contributed by atoms with Gasteiger partial charge in [-0.05, 0) is 83.5 Å². The Hall–Kier alpha value is -2.18. The number of aliphatic hydroxyl groups excluding tert-OH is 2. The molecule has 0 spiro atoms. The molecule has 0 aliphatic rings. The molecule has 2 unspecified atom stereocenters. The number of hydrogen-bond acceptors (Lipinski definition) is 5. The van der Waals surface area contributed by atoms with Crippen LogP contribution in [0.4, 0.5) is 0 Å². The third-order valence-corrected chi connectivity index (χ3v) is 11.9. The number of unbranched alkanes of at least 4 members (excludes halogenated alkanes) is 30. The molecule has 356 valence electrons. The van der Waals surface area contributed by atoms with Crippen molar-refractivity contribution in [2.24, 2.45) is 0 Å². The standard InChI is InChI=1S/C55H101NO5/c1-3-5-7-9-11-13-15-24-29-33-37-41-45-49-55(60)61-50-46-42-38-34-30-26-23-21-19-17-18-20-22-25-28-32-36-40-44-48-54(59)56-52(51-57)53(58)47-43-39-35-31-27-16-14-12-10-8-6-4-2/h7,9,13,15,21,23,26,30,52-53,57-58H,3-6,8,10-12,14,16-20,22,24-25,27-29,31-51H2,1-2H3,(H,56,59)/b9-7-,15-13-,23-21-,30-26-. The van der Waals surface area contributed by atoms with Crippen molar-refractivity contribution in [1.29, 1.82) is 0 Å². The lowest BCUT2D eigenvalue weighted by molar-refractivity contribution is -0.143. The number of aliphatic hydroxyl groups is 2. The number of ether oxygens (including phenoxy) is 1. The molecule has 0 aromatic carbocycles.